The Bertz CT molecular complexity index is 1430. The number of hydrogen-bond donors (Lipinski definition) is 4. The minimum atomic E-state index is -5.45. The average Bonchev–Trinajstić information content (AvgIpc) is 3.48. The molecule has 1 amide bonds. The minimum absolute atomic E-state index is 0.0125. The number of benzene rings is 1. The number of aliphatic hydroxyl groups excluding tert-OH is 1. The molecule has 0 aliphatic carbocycles. The Morgan fingerprint density at radius 2 is 1.98 bits per heavy atom. The second kappa shape index (κ2) is 14.4. The molecule has 2 aromatic heterocycles. The quantitative estimate of drug-likeness (QED) is 0.0655. The number of para-hydroxylation sites is 1. The summed E-state index contributed by atoms with van der Waals surface area (Å²) < 4.78 is 79.5. The molecular formula is C23H27F4N6O7PS2. The van der Waals surface area contributed by atoms with Gasteiger partial charge in [0.2, 0.25) is 0 Å². The second-order valence-electron chi connectivity index (χ2n) is 8.98. The Labute approximate surface area is 250 Å². The van der Waals surface area contributed by atoms with Crippen LogP contribution < -0.4 is 10.6 Å². The monoisotopic (exact) mass is 670 g/mol. The Balaban J connectivity index is 1.67. The van der Waals surface area contributed by atoms with E-state index in [2.05, 4.69) is 30.1 Å². The number of aliphatic hydroxyl groups is 1. The molecule has 0 bridgehead atoms. The van der Waals surface area contributed by atoms with Crippen molar-refractivity contribution in [1.82, 2.24) is 19.5 Å². The van der Waals surface area contributed by atoms with Gasteiger partial charge in [-0.05, 0) is 18.4 Å². The molecule has 20 heteroatoms. The maximum Gasteiger partial charge on any atom is 0.510 e. The molecule has 4 rings (SSSR count). The van der Waals surface area contributed by atoms with Gasteiger partial charge in [-0.25, -0.2) is 24.3 Å². The molecular weight excluding hydrogens is 643 g/mol. The van der Waals surface area contributed by atoms with Crippen LogP contribution in [0.3, 0.4) is 0 Å². The van der Waals surface area contributed by atoms with E-state index in [1.165, 1.54) is 10.9 Å². The number of alkyl halides is 3. The van der Waals surface area contributed by atoms with Crippen molar-refractivity contribution < 1.29 is 50.7 Å². The van der Waals surface area contributed by atoms with Crippen molar-refractivity contribution in [3.63, 3.8) is 0 Å². The Kier molecular flexibility index (Phi) is 11.1. The van der Waals surface area contributed by atoms with Crippen LogP contribution in [0, 0.1) is 0 Å². The first kappa shape index (κ1) is 33.2. The summed E-state index contributed by atoms with van der Waals surface area (Å²) in [7, 11) is -5.45. The van der Waals surface area contributed by atoms with Crippen LogP contribution in [0.4, 0.5) is 33.7 Å². The number of halogens is 4. The number of hydrogen-bond acceptors (Lipinski definition) is 12. The van der Waals surface area contributed by atoms with E-state index in [0.717, 1.165) is 11.8 Å². The number of nitrogens with one attached hydrogen (secondary N) is 2. The second-order valence-corrected chi connectivity index (χ2v) is 12.2. The lowest BCUT2D eigenvalue weighted by Gasteiger charge is -2.22. The molecule has 0 spiro atoms. The molecule has 1 aliphatic heterocycles. The zero-order chi connectivity index (χ0) is 31.2. The fourth-order valence-corrected chi connectivity index (χ4v) is 5.42. The lowest BCUT2D eigenvalue weighted by molar-refractivity contribution is -0.129. The highest BCUT2D eigenvalue weighted by Gasteiger charge is 2.49. The van der Waals surface area contributed by atoms with Gasteiger partial charge in [-0.15, -0.1) is 4.20 Å². The van der Waals surface area contributed by atoms with Crippen molar-refractivity contribution in [2.75, 3.05) is 41.5 Å². The number of carbonyl (C=O) groups is 1. The molecule has 5 atom stereocenters. The standard InChI is InChI=1S/C23H27F4N6O7PS2/c1-42-10-8-28-18-15-19(32-21(31-18)43-9-7-23(24,25)26)33(12-29-15)20-17(16(34)14(39-20)11-38-41(27,36)37)40-22(35)30-13-5-3-2-4-6-13/h2-6,12,14,16-17,20,34H,7-11H2,1H3,(H,30,35)(H,36,37)(H,28,31,32)/t14-,16-,17-,20-/m1/s1. The van der Waals surface area contributed by atoms with Gasteiger partial charge in [-0.2, -0.15) is 24.9 Å². The van der Waals surface area contributed by atoms with Crippen LogP contribution >= 0.6 is 31.4 Å². The number of rotatable bonds is 13. The molecule has 13 nitrogen and oxygen atoms in total. The van der Waals surface area contributed by atoms with Crippen LogP contribution in [0.5, 0.6) is 0 Å². The predicted octanol–water partition coefficient (Wildman–Crippen LogP) is 4.61. The van der Waals surface area contributed by atoms with Crippen LogP contribution in [-0.2, 0) is 18.6 Å². The Morgan fingerprint density at radius 3 is 2.65 bits per heavy atom. The largest absolute Gasteiger partial charge is 0.510 e. The SMILES string of the molecule is CSCCNc1nc(SCCC(F)(F)F)nc2c1ncn2[C@@H]1O[C@H](COP(=O)(O)F)[C@@H](O)[C@H]1OC(=O)Nc1ccccc1. The van der Waals surface area contributed by atoms with Gasteiger partial charge in [0.05, 0.1) is 19.4 Å². The minimum Gasteiger partial charge on any atom is -0.438 e. The summed E-state index contributed by atoms with van der Waals surface area (Å²) in [5.74, 6) is 0.544. The zero-order valence-corrected chi connectivity index (χ0v) is 24.8. The summed E-state index contributed by atoms with van der Waals surface area (Å²) in [5.41, 5.74) is 0.638. The van der Waals surface area contributed by atoms with Crippen LogP contribution in [0.15, 0.2) is 41.8 Å². The number of thioether (sulfide) groups is 2. The van der Waals surface area contributed by atoms with E-state index in [0.29, 0.717) is 18.0 Å². The molecule has 43 heavy (non-hydrogen) atoms. The topological polar surface area (TPSA) is 170 Å². The maximum atomic E-state index is 13.2. The maximum absolute atomic E-state index is 13.2. The van der Waals surface area contributed by atoms with Crippen molar-refractivity contribution in [1.29, 1.82) is 0 Å². The normalized spacial score (nSPS) is 21.9. The van der Waals surface area contributed by atoms with E-state index in [4.69, 9.17) is 14.4 Å². The lowest BCUT2D eigenvalue weighted by atomic mass is 10.1. The number of amides is 1. The molecule has 3 aromatic rings. The molecule has 0 saturated carbocycles. The molecule has 1 saturated heterocycles. The number of imidazole rings is 1. The van der Waals surface area contributed by atoms with Crippen LogP contribution in [0.1, 0.15) is 12.6 Å². The fourth-order valence-electron chi connectivity index (χ4n) is 3.96. The summed E-state index contributed by atoms with van der Waals surface area (Å²) >= 11 is 2.31. The number of fused-ring (bicyclic) bond motifs is 1. The van der Waals surface area contributed by atoms with E-state index in [1.807, 2.05) is 6.26 Å². The van der Waals surface area contributed by atoms with E-state index >= 15 is 0 Å². The van der Waals surface area contributed by atoms with Gasteiger partial charge in [0, 0.05) is 23.7 Å². The van der Waals surface area contributed by atoms with E-state index < -0.39 is 57.7 Å². The van der Waals surface area contributed by atoms with Crippen LogP contribution in [-0.4, -0.2) is 91.0 Å². The van der Waals surface area contributed by atoms with Crippen molar-refractivity contribution in [2.45, 2.75) is 42.3 Å². The number of carbonyl (C=O) groups excluding carboxylic acids is 1. The van der Waals surface area contributed by atoms with Gasteiger partial charge in [0.15, 0.2) is 34.5 Å². The molecule has 1 aliphatic rings. The first-order valence-electron chi connectivity index (χ1n) is 12.5. The summed E-state index contributed by atoms with van der Waals surface area (Å²) in [6.45, 7) is -0.440. The van der Waals surface area contributed by atoms with Gasteiger partial charge in [-0.3, -0.25) is 19.3 Å². The Morgan fingerprint density at radius 1 is 1.23 bits per heavy atom. The number of ether oxygens (including phenoxy) is 2. The summed E-state index contributed by atoms with van der Waals surface area (Å²) in [5, 5.41) is 16.5. The molecule has 3 heterocycles. The summed E-state index contributed by atoms with van der Waals surface area (Å²) in [4.78, 5) is 34.6. The third-order valence-corrected chi connectivity index (χ3v) is 7.79. The summed E-state index contributed by atoms with van der Waals surface area (Å²) in [6, 6.07) is 8.22. The van der Waals surface area contributed by atoms with Crippen LogP contribution in [0.2, 0.25) is 0 Å². The summed E-state index contributed by atoms with van der Waals surface area (Å²) in [6.07, 6.45) is -9.35. The molecule has 4 N–H and O–H groups in total. The van der Waals surface area contributed by atoms with Gasteiger partial charge in [0.25, 0.3) is 0 Å². The third-order valence-electron chi connectivity index (χ3n) is 5.86. The van der Waals surface area contributed by atoms with Crippen LogP contribution in [0.25, 0.3) is 11.2 Å². The number of nitrogens with zero attached hydrogens (tertiary/aromatic N) is 4. The van der Waals surface area contributed by atoms with Gasteiger partial charge in [0.1, 0.15) is 12.2 Å². The molecule has 1 aromatic carbocycles. The van der Waals surface area contributed by atoms with E-state index in [1.54, 1.807) is 42.1 Å². The molecule has 1 fully saturated rings. The highest BCUT2D eigenvalue weighted by atomic mass is 32.2. The van der Waals surface area contributed by atoms with Gasteiger partial charge >= 0.3 is 20.2 Å². The molecule has 1 unspecified atom stereocenters. The smallest absolute Gasteiger partial charge is 0.438 e. The average molecular weight is 671 g/mol. The van der Waals surface area contributed by atoms with Crippen molar-refractivity contribution >= 4 is 60.2 Å². The lowest BCUT2D eigenvalue weighted by Crippen LogP contribution is -2.38. The van der Waals surface area contributed by atoms with E-state index in [9.17, 15) is 31.8 Å². The highest BCUT2D eigenvalue weighted by Crippen LogP contribution is 2.45. The molecule has 236 valence electrons. The van der Waals surface area contributed by atoms with Gasteiger partial charge < -0.3 is 19.9 Å². The van der Waals surface area contributed by atoms with E-state index in [-0.39, 0.29) is 27.9 Å². The highest BCUT2D eigenvalue weighted by molar-refractivity contribution is 7.99. The zero-order valence-electron chi connectivity index (χ0n) is 22.3. The number of anilines is 2. The third kappa shape index (κ3) is 9.41. The van der Waals surface area contributed by atoms with Crippen molar-refractivity contribution in [3.05, 3.63) is 36.7 Å². The van der Waals surface area contributed by atoms with Crippen molar-refractivity contribution in [3.8, 4) is 0 Å². The first-order chi connectivity index (χ1) is 20.3. The molecule has 0 radical (unpaired) electrons. The predicted molar refractivity (Wildman–Crippen MR) is 151 cm³/mol. The fraction of sp³-hybridized carbons (Fsp3) is 0.478. The first-order valence-corrected chi connectivity index (χ1v) is 16.4. The Hall–Kier alpha value is -2.67. The van der Waals surface area contributed by atoms with Gasteiger partial charge in [-0.1, -0.05) is 30.0 Å². The number of aromatic nitrogens is 4. The van der Waals surface area contributed by atoms with Crippen molar-refractivity contribution in [2.24, 2.45) is 0 Å².